The van der Waals surface area contributed by atoms with Gasteiger partial charge in [-0.1, -0.05) is 0 Å². The van der Waals surface area contributed by atoms with Crippen LogP contribution in [0, 0.1) is 0 Å². The Morgan fingerprint density at radius 3 is 2.75 bits per heavy atom. The fraction of sp³-hybridized carbons (Fsp3) is 0.333. The number of nitrogens with zero attached hydrogens (tertiary/aromatic N) is 3. The summed E-state index contributed by atoms with van der Waals surface area (Å²) in [6, 6.07) is 0. The van der Waals surface area contributed by atoms with Gasteiger partial charge in [0.25, 0.3) is 5.79 Å². The molecule has 0 saturated heterocycles. The van der Waals surface area contributed by atoms with Gasteiger partial charge in [-0.25, -0.2) is 4.99 Å². The monoisotopic (exact) mass is 112 g/mol. The molecule has 42 valence electrons. The zero-order chi connectivity index (χ0) is 6.04. The van der Waals surface area contributed by atoms with Crippen molar-refractivity contribution in [1.82, 2.24) is 0 Å². The van der Waals surface area contributed by atoms with Gasteiger partial charge in [0.05, 0.1) is 0 Å². The summed E-state index contributed by atoms with van der Waals surface area (Å²) in [4.78, 5) is 13.4. The van der Waals surface area contributed by atoms with E-state index in [0.29, 0.717) is 6.29 Å². The fourth-order valence-corrected chi connectivity index (χ4v) is 0.316. The second-order valence-electron chi connectivity index (χ2n) is 1.36. The summed E-state index contributed by atoms with van der Waals surface area (Å²) in [5, 5.41) is 6.58. The number of hydrogen-bond donors (Lipinski definition) is 1. The predicted molar refractivity (Wildman–Crippen MR) is 26.3 cm³/mol. The normalized spacial score (nSPS) is 33.6. The number of aldehydes is 1. The SMILES string of the molecule is NC1(C=O)N=CN=N1. The molecule has 2 N–H and O–H groups in total. The van der Waals surface area contributed by atoms with Crippen molar-refractivity contribution in [3.8, 4) is 0 Å². The zero-order valence-corrected chi connectivity index (χ0v) is 3.98. The molecule has 0 aromatic heterocycles. The van der Waals surface area contributed by atoms with Gasteiger partial charge < -0.3 is 0 Å². The minimum atomic E-state index is -1.42. The van der Waals surface area contributed by atoms with Crippen LogP contribution in [0.5, 0.6) is 0 Å². The highest BCUT2D eigenvalue weighted by Gasteiger charge is 2.23. The molecule has 0 bridgehead atoms. The van der Waals surface area contributed by atoms with Crippen molar-refractivity contribution >= 4 is 12.6 Å². The molecular weight excluding hydrogens is 108 g/mol. The Bertz CT molecular complexity index is 149. The third-order valence-corrected chi connectivity index (χ3v) is 0.708. The Morgan fingerprint density at radius 2 is 2.50 bits per heavy atom. The Kier molecular flexibility index (Phi) is 0.911. The molecule has 0 radical (unpaired) electrons. The van der Waals surface area contributed by atoms with Crippen molar-refractivity contribution in [2.75, 3.05) is 0 Å². The maximum atomic E-state index is 9.94. The number of azo groups is 1. The number of hydrogen-bond acceptors (Lipinski definition) is 5. The molecule has 5 heteroatoms. The molecule has 0 spiro atoms. The lowest BCUT2D eigenvalue weighted by atomic mass is 10.5. The van der Waals surface area contributed by atoms with Crippen LogP contribution in [0.25, 0.3) is 0 Å². The van der Waals surface area contributed by atoms with E-state index in [1.54, 1.807) is 0 Å². The summed E-state index contributed by atoms with van der Waals surface area (Å²) in [7, 11) is 0. The van der Waals surface area contributed by atoms with Crippen LogP contribution in [-0.2, 0) is 4.79 Å². The molecule has 1 aliphatic rings. The lowest BCUT2D eigenvalue weighted by Crippen LogP contribution is -2.34. The molecule has 1 aliphatic heterocycles. The minimum Gasteiger partial charge on any atom is -0.297 e. The number of carbonyl (C=O) groups is 1. The highest BCUT2D eigenvalue weighted by molar-refractivity contribution is 5.70. The van der Waals surface area contributed by atoms with E-state index in [2.05, 4.69) is 15.2 Å². The fourth-order valence-electron chi connectivity index (χ4n) is 0.316. The minimum absolute atomic E-state index is 0.431. The molecule has 1 heterocycles. The van der Waals surface area contributed by atoms with E-state index in [1.807, 2.05) is 0 Å². The van der Waals surface area contributed by atoms with Crippen LogP contribution < -0.4 is 5.73 Å². The maximum absolute atomic E-state index is 9.94. The number of rotatable bonds is 1. The van der Waals surface area contributed by atoms with E-state index in [4.69, 9.17) is 5.73 Å². The average Bonchev–Trinajstić information content (AvgIpc) is 2.17. The topological polar surface area (TPSA) is 80.2 Å². The first-order chi connectivity index (χ1) is 3.77. The molecule has 0 amide bonds. The molecule has 8 heavy (non-hydrogen) atoms. The van der Waals surface area contributed by atoms with Crippen molar-refractivity contribution in [2.45, 2.75) is 5.79 Å². The molecule has 0 aromatic rings. The number of carbonyl (C=O) groups excluding carboxylic acids is 1. The number of nitrogens with two attached hydrogens (primary N) is 1. The van der Waals surface area contributed by atoms with Crippen molar-refractivity contribution in [3.63, 3.8) is 0 Å². The van der Waals surface area contributed by atoms with Gasteiger partial charge in [-0.05, 0) is 0 Å². The van der Waals surface area contributed by atoms with Crippen LogP contribution in [0.1, 0.15) is 0 Å². The Labute approximate surface area is 45.3 Å². The van der Waals surface area contributed by atoms with Gasteiger partial charge in [0.2, 0.25) is 0 Å². The summed E-state index contributed by atoms with van der Waals surface area (Å²) >= 11 is 0. The van der Waals surface area contributed by atoms with Crippen molar-refractivity contribution in [2.24, 2.45) is 21.0 Å². The largest absolute Gasteiger partial charge is 0.297 e. The molecule has 1 atom stereocenters. The molecular formula is C3H4N4O. The smallest absolute Gasteiger partial charge is 0.280 e. The highest BCUT2D eigenvalue weighted by Crippen LogP contribution is 2.04. The van der Waals surface area contributed by atoms with Crippen molar-refractivity contribution < 1.29 is 4.79 Å². The molecule has 0 aromatic carbocycles. The maximum Gasteiger partial charge on any atom is 0.280 e. The summed E-state index contributed by atoms with van der Waals surface area (Å²) < 4.78 is 0. The predicted octanol–water partition coefficient (Wildman–Crippen LogP) is -0.708. The van der Waals surface area contributed by atoms with Crippen LogP contribution >= 0.6 is 0 Å². The van der Waals surface area contributed by atoms with Crippen LogP contribution in [0.2, 0.25) is 0 Å². The van der Waals surface area contributed by atoms with Gasteiger partial charge in [0, 0.05) is 0 Å². The van der Waals surface area contributed by atoms with Crippen LogP contribution in [0.3, 0.4) is 0 Å². The first-order valence-electron chi connectivity index (χ1n) is 1.98. The quantitative estimate of drug-likeness (QED) is 0.455. The van der Waals surface area contributed by atoms with Crippen LogP contribution in [0.4, 0.5) is 0 Å². The van der Waals surface area contributed by atoms with Crippen LogP contribution in [0.15, 0.2) is 15.2 Å². The molecule has 1 rings (SSSR count). The summed E-state index contributed by atoms with van der Waals surface area (Å²) in [6.45, 7) is 0. The van der Waals surface area contributed by atoms with E-state index in [9.17, 15) is 4.79 Å². The molecule has 5 nitrogen and oxygen atoms in total. The first kappa shape index (κ1) is 5.04. The lowest BCUT2D eigenvalue weighted by molar-refractivity contribution is -0.111. The van der Waals surface area contributed by atoms with E-state index >= 15 is 0 Å². The third kappa shape index (κ3) is 0.627. The van der Waals surface area contributed by atoms with Gasteiger partial charge in [0.1, 0.15) is 6.34 Å². The molecule has 0 aliphatic carbocycles. The average molecular weight is 112 g/mol. The summed E-state index contributed by atoms with van der Waals surface area (Å²) in [5.74, 6) is -1.42. The van der Waals surface area contributed by atoms with Gasteiger partial charge in [-0.2, -0.15) is 0 Å². The zero-order valence-electron chi connectivity index (χ0n) is 3.98. The Balaban J connectivity index is 2.83. The second-order valence-corrected chi connectivity index (χ2v) is 1.36. The highest BCUT2D eigenvalue weighted by atomic mass is 16.1. The van der Waals surface area contributed by atoms with E-state index < -0.39 is 5.79 Å². The van der Waals surface area contributed by atoms with E-state index in [-0.39, 0.29) is 0 Å². The Hall–Kier alpha value is -1.10. The summed E-state index contributed by atoms with van der Waals surface area (Å²) in [5.41, 5.74) is 5.13. The Morgan fingerprint density at radius 1 is 1.75 bits per heavy atom. The van der Waals surface area contributed by atoms with Crippen molar-refractivity contribution in [3.05, 3.63) is 0 Å². The molecule has 0 fully saturated rings. The summed E-state index contributed by atoms with van der Waals surface area (Å²) in [6.07, 6.45) is 1.58. The van der Waals surface area contributed by atoms with Gasteiger partial charge >= 0.3 is 0 Å². The van der Waals surface area contributed by atoms with Crippen LogP contribution in [-0.4, -0.2) is 18.4 Å². The second kappa shape index (κ2) is 1.45. The van der Waals surface area contributed by atoms with Gasteiger partial charge in [-0.15, -0.1) is 10.2 Å². The molecule has 0 saturated carbocycles. The van der Waals surface area contributed by atoms with Crippen molar-refractivity contribution in [1.29, 1.82) is 0 Å². The lowest BCUT2D eigenvalue weighted by Gasteiger charge is -2.01. The van der Waals surface area contributed by atoms with Gasteiger partial charge in [0.15, 0.2) is 6.29 Å². The molecule has 1 unspecified atom stereocenters. The first-order valence-corrected chi connectivity index (χ1v) is 1.98. The standard InChI is InChI=1S/C3H4N4O/c4-3(1-8)5-2-6-7-3/h1-2H,4H2. The van der Waals surface area contributed by atoms with E-state index in [0.717, 1.165) is 6.34 Å². The third-order valence-electron chi connectivity index (χ3n) is 0.708. The van der Waals surface area contributed by atoms with E-state index in [1.165, 1.54) is 0 Å². The number of aliphatic imine (C=N–C) groups is 1. The van der Waals surface area contributed by atoms with Gasteiger partial charge in [-0.3, -0.25) is 10.5 Å².